The molecule has 14 heavy (non-hydrogen) atoms. The minimum Gasteiger partial charge on any atom is -0.293 e. The first-order chi connectivity index (χ1) is 6.68. The van der Waals surface area contributed by atoms with Crippen molar-refractivity contribution in [2.24, 2.45) is 7.05 Å². The molecule has 0 atom stereocenters. The largest absolute Gasteiger partial charge is 0.293 e. The molecule has 72 valence electrons. The molecule has 0 bridgehead atoms. The quantitative estimate of drug-likeness (QED) is 0.636. The van der Waals surface area contributed by atoms with Gasteiger partial charge in [0.05, 0.1) is 18.6 Å². The van der Waals surface area contributed by atoms with Crippen molar-refractivity contribution in [2.45, 2.75) is 6.92 Å². The molecule has 0 unspecified atom stereocenters. The average molecular weight is 191 g/mol. The summed E-state index contributed by atoms with van der Waals surface area (Å²) < 4.78 is 3.11. The number of Topliss-reactive ketones (excluding diaryl/α,β-unsaturated/α-hetero) is 1. The minimum absolute atomic E-state index is 0.0705. The molecule has 2 heterocycles. The standard InChI is InChI=1S/C8H9N5O/c1-6(14)8-4-9-11-13(8)7-3-10-12(2)5-7/h3-5H,1-2H3. The van der Waals surface area contributed by atoms with Crippen molar-refractivity contribution in [1.82, 2.24) is 24.8 Å². The Bertz CT molecular complexity index is 470. The first-order valence-corrected chi connectivity index (χ1v) is 4.09. The lowest BCUT2D eigenvalue weighted by atomic mass is 10.3. The molecule has 0 N–H and O–H groups in total. The molecule has 6 nitrogen and oxygen atoms in total. The molecule has 0 saturated carbocycles. The lowest BCUT2D eigenvalue weighted by molar-refractivity contribution is 0.101. The molecule has 2 rings (SSSR count). The second kappa shape index (κ2) is 3.06. The number of aromatic nitrogens is 5. The van der Waals surface area contributed by atoms with E-state index in [0.29, 0.717) is 5.69 Å². The van der Waals surface area contributed by atoms with E-state index >= 15 is 0 Å². The molecule has 2 aromatic rings. The summed E-state index contributed by atoms with van der Waals surface area (Å²) in [7, 11) is 1.80. The highest BCUT2D eigenvalue weighted by Crippen LogP contribution is 2.07. The fourth-order valence-electron chi connectivity index (χ4n) is 1.18. The maximum atomic E-state index is 11.2. The van der Waals surface area contributed by atoms with Gasteiger partial charge in [0.15, 0.2) is 5.78 Å². The molecular weight excluding hydrogens is 182 g/mol. The topological polar surface area (TPSA) is 65.6 Å². The van der Waals surface area contributed by atoms with Crippen LogP contribution in [-0.4, -0.2) is 30.6 Å². The molecule has 0 aliphatic carbocycles. The van der Waals surface area contributed by atoms with E-state index in [1.165, 1.54) is 17.8 Å². The van der Waals surface area contributed by atoms with Gasteiger partial charge in [-0.1, -0.05) is 5.21 Å². The van der Waals surface area contributed by atoms with Gasteiger partial charge < -0.3 is 0 Å². The minimum atomic E-state index is -0.0705. The molecule has 0 radical (unpaired) electrons. The van der Waals surface area contributed by atoms with E-state index in [0.717, 1.165) is 5.69 Å². The normalized spacial score (nSPS) is 10.4. The van der Waals surface area contributed by atoms with E-state index in [9.17, 15) is 4.79 Å². The van der Waals surface area contributed by atoms with E-state index in [-0.39, 0.29) is 5.78 Å². The maximum absolute atomic E-state index is 11.2. The Balaban J connectivity index is 2.51. The Morgan fingerprint density at radius 3 is 2.79 bits per heavy atom. The third-order valence-corrected chi connectivity index (χ3v) is 1.85. The molecule has 2 aromatic heterocycles. The van der Waals surface area contributed by atoms with Crippen LogP contribution in [0.5, 0.6) is 0 Å². The fraction of sp³-hybridized carbons (Fsp3) is 0.250. The molecule has 6 heteroatoms. The van der Waals surface area contributed by atoms with Gasteiger partial charge >= 0.3 is 0 Å². The van der Waals surface area contributed by atoms with Gasteiger partial charge in [-0.3, -0.25) is 9.48 Å². The van der Waals surface area contributed by atoms with E-state index < -0.39 is 0 Å². The second-order valence-corrected chi connectivity index (χ2v) is 2.96. The van der Waals surface area contributed by atoms with Gasteiger partial charge in [0.1, 0.15) is 11.4 Å². The Kier molecular flexibility index (Phi) is 1.88. The highest BCUT2D eigenvalue weighted by atomic mass is 16.1. The zero-order valence-corrected chi connectivity index (χ0v) is 7.88. The van der Waals surface area contributed by atoms with Crippen molar-refractivity contribution in [1.29, 1.82) is 0 Å². The second-order valence-electron chi connectivity index (χ2n) is 2.96. The van der Waals surface area contributed by atoms with Crippen LogP contribution in [0.2, 0.25) is 0 Å². The number of aryl methyl sites for hydroxylation is 1. The van der Waals surface area contributed by atoms with Crippen LogP contribution < -0.4 is 0 Å². The number of ketones is 1. The van der Waals surface area contributed by atoms with Gasteiger partial charge in [0.25, 0.3) is 0 Å². The van der Waals surface area contributed by atoms with E-state index in [1.807, 2.05) is 0 Å². The van der Waals surface area contributed by atoms with Crippen LogP contribution in [0.3, 0.4) is 0 Å². The van der Waals surface area contributed by atoms with Crippen molar-refractivity contribution < 1.29 is 4.79 Å². The van der Waals surface area contributed by atoms with Gasteiger partial charge in [0, 0.05) is 14.0 Å². The summed E-state index contributed by atoms with van der Waals surface area (Å²) in [5.74, 6) is -0.0705. The summed E-state index contributed by atoms with van der Waals surface area (Å²) in [6, 6.07) is 0. The third-order valence-electron chi connectivity index (χ3n) is 1.85. The van der Waals surface area contributed by atoms with Gasteiger partial charge in [-0.15, -0.1) is 5.10 Å². The molecule has 0 amide bonds. The van der Waals surface area contributed by atoms with Crippen LogP contribution in [0, 0.1) is 0 Å². The zero-order chi connectivity index (χ0) is 10.1. The number of rotatable bonds is 2. The van der Waals surface area contributed by atoms with Gasteiger partial charge in [-0.05, 0) is 0 Å². The number of hydrogen-bond donors (Lipinski definition) is 0. The van der Waals surface area contributed by atoms with E-state index in [2.05, 4.69) is 15.4 Å². The van der Waals surface area contributed by atoms with Crippen LogP contribution >= 0.6 is 0 Å². The van der Waals surface area contributed by atoms with E-state index in [4.69, 9.17) is 0 Å². The average Bonchev–Trinajstić information content (AvgIpc) is 2.70. The molecule has 0 saturated heterocycles. The van der Waals surface area contributed by atoms with Crippen LogP contribution in [0.25, 0.3) is 5.69 Å². The molecule has 0 aromatic carbocycles. The number of carbonyl (C=O) groups is 1. The fourth-order valence-corrected chi connectivity index (χ4v) is 1.18. The highest BCUT2D eigenvalue weighted by Gasteiger charge is 2.10. The molecule has 0 aliphatic heterocycles. The first kappa shape index (κ1) is 8.61. The summed E-state index contributed by atoms with van der Waals surface area (Å²) in [6.45, 7) is 1.48. The summed E-state index contributed by atoms with van der Waals surface area (Å²) in [5, 5.41) is 11.5. The van der Waals surface area contributed by atoms with Crippen LogP contribution in [0.1, 0.15) is 17.4 Å². The summed E-state index contributed by atoms with van der Waals surface area (Å²) in [5.41, 5.74) is 1.19. The van der Waals surface area contributed by atoms with Crippen molar-refractivity contribution >= 4 is 5.78 Å². The van der Waals surface area contributed by atoms with Crippen molar-refractivity contribution in [3.05, 3.63) is 24.3 Å². The Hall–Kier alpha value is -1.98. The van der Waals surface area contributed by atoms with Gasteiger partial charge in [-0.25, -0.2) is 4.68 Å². The number of carbonyl (C=O) groups excluding carboxylic acids is 1. The predicted octanol–water partition coefficient (Wildman–Crippen LogP) is 0.203. The van der Waals surface area contributed by atoms with Crippen molar-refractivity contribution in [3.8, 4) is 5.69 Å². The van der Waals surface area contributed by atoms with Gasteiger partial charge in [0.2, 0.25) is 0 Å². The smallest absolute Gasteiger partial charge is 0.179 e. The lowest BCUT2D eigenvalue weighted by Crippen LogP contribution is -2.05. The van der Waals surface area contributed by atoms with Crippen LogP contribution in [0.15, 0.2) is 18.6 Å². The Morgan fingerprint density at radius 2 is 2.21 bits per heavy atom. The lowest BCUT2D eigenvalue weighted by Gasteiger charge is -1.97. The SMILES string of the molecule is CC(=O)c1cnnn1-c1cnn(C)c1. The molecule has 0 fully saturated rings. The first-order valence-electron chi connectivity index (χ1n) is 4.09. The van der Waals surface area contributed by atoms with Crippen LogP contribution in [-0.2, 0) is 7.05 Å². The zero-order valence-electron chi connectivity index (χ0n) is 7.88. The Morgan fingerprint density at radius 1 is 1.43 bits per heavy atom. The van der Waals surface area contributed by atoms with Crippen molar-refractivity contribution in [2.75, 3.05) is 0 Å². The van der Waals surface area contributed by atoms with Gasteiger partial charge in [-0.2, -0.15) is 5.10 Å². The maximum Gasteiger partial charge on any atom is 0.179 e. The summed E-state index contributed by atoms with van der Waals surface area (Å²) in [6.07, 6.45) is 4.83. The molecule has 0 spiro atoms. The highest BCUT2D eigenvalue weighted by molar-refractivity contribution is 5.92. The molecular formula is C8H9N5O. The number of nitrogens with zero attached hydrogens (tertiary/aromatic N) is 5. The third kappa shape index (κ3) is 1.30. The van der Waals surface area contributed by atoms with Crippen molar-refractivity contribution in [3.63, 3.8) is 0 Å². The Labute approximate surface area is 80.1 Å². The number of hydrogen-bond acceptors (Lipinski definition) is 4. The summed E-state index contributed by atoms with van der Waals surface area (Å²) in [4.78, 5) is 11.2. The predicted molar refractivity (Wildman–Crippen MR) is 48.1 cm³/mol. The monoisotopic (exact) mass is 191 g/mol. The molecule has 0 aliphatic rings. The van der Waals surface area contributed by atoms with Crippen LogP contribution in [0.4, 0.5) is 0 Å². The van der Waals surface area contributed by atoms with E-state index in [1.54, 1.807) is 24.1 Å². The summed E-state index contributed by atoms with van der Waals surface area (Å²) >= 11 is 0.